The number of nitrogens with one attached hydrogen (secondary N) is 2. The molecule has 2 N–H and O–H groups in total. The number of aliphatic imine (C=N–C) groups is 1. The largest absolute Gasteiger partial charge is 0.357 e. The molecule has 138 valence electrons. The molecular weight excluding hydrogens is 425 g/mol. The second kappa shape index (κ2) is 10.1. The van der Waals surface area contributed by atoms with Crippen molar-refractivity contribution in [3.8, 4) is 0 Å². The van der Waals surface area contributed by atoms with Crippen LogP contribution in [0.25, 0.3) is 0 Å². The van der Waals surface area contributed by atoms with Crippen molar-refractivity contribution in [3.63, 3.8) is 0 Å². The number of guanidine groups is 1. The summed E-state index contributed by atoms with van der Waals surface area (Å²) in [6.45, 7) is 10.6. The third-order valence-electron chi connectivity index (χ3n) is 4.26. The van der Waals surface area contributed by atoms with Gasteiger partial charge in [-0.1, -0.05) is 6.92 Å². The van der Waals surface area contributed by atoms with Crippen molar-refractivity contribution in [1.82, 2.24) is 10.6 Å². The number of hydrogen-bond acceptors (Lipinski definition) is 3. The average molecular weight is 459 g/mol. The molecule has 0 aromatic heterocycles. The molecular formula is C16H34IN3O2S. The van der Waals surface area contributed by atoms with Crippen molar-refractivity contribution in [2.24, 2.45) is 10.9 Å². The molecule has 0 aliphatic heterocycles. The molecule has 0 radical (unpaired) electrons. The normalized spacial score (nSPS) is 23.1. The molecule has 0 aromatic carbocycles. The molecule has 0 unspecified atom stereocenters. The summed E-state index contributed by atoms with van der Waals surface area (Å²) in [7, 11) is -3.11. The van der Waals surface area contributed by atoms with Crippen LogP contribution in [0.4, 0.5) is 0 Å². The summed E-state index contributed by atoms with van der Waals surface area (Å²) >= 11 is 0. The first-order valence-electron chi connectivity index (χ1n) is 8.43. The Morgan fingerprint density at radius 3 is 2.22 bits per heavy atom. The van der Waals surface area contributed by atoms with Gasteiger partial charge in [0.05, 0.1) is 17.0 Å². The van der Waals surface area contributed by atoms with Crippen LogP contribution < -0.4 is 10.6 Å². The first kappa shape index (κ1) is 22.9. The van der Waals surface area contributed by atoms with E-state index >= 15 is 0 Å². The van der Waals surface area contributed by atoms with Crippen molar-refractivity contribution in [2.75, 3.05) is 18.8 Å². The van der Waals surface area contributed by atoms with E-state index in [9.17, 15) is 8.42 Å². The van der Waals surface area contributed by atoms with Crippen LogP contribution in [0.2, 0.25) is 0 Å². The van der Waals surface area contributed by atoms with E-state index in [1.165, 1.54) is 12.8 Å². The molecule has 1 aliphatic carbocycles. The summed E-state index contributed by atoms with van der Waals surface area (Å²) in [6.07, 6.45) is 4.81. The van der Waals surface area contributed by atoms with Crippen molar-refractivity contribution in [1.29, 1.82) is 0 Å². The Bertz CT molecular complexity index is 464. The second-order valence-electron chi connectivity index (χ2n) is 7.29. The molecule has 7 heteroatoms. The van der Waals surface area contributed by atoms with Crippen molar-refractivity contribution in [2.45, 2.75) is 71.1 Å². The minimum Gasteiger partial charge on any atom is -0.357 e. The van der Waals surface area contributed by atoms with Crippen LogP contribution >= 0.6 is 24.0 Å². The minimum absolute atomic E-state index is 0. The number of sulfone groups is 1. The molecule has 23 heavy (non-hydrogen) atoms. The van der Waals surface area contributed by atoms with Crippen molar-refractivity contribution in [3.05, 3.63) is 0 Å². The zero-order valence-corrected chi connectivity index (χ0v) is 18.3. The van der Waals surface area contributed by atoms with Crippen LogP contribution in [-0.2, 0) is 9.84 Å². The van der Waals surface area contributed by atoms with Gasteiger partial charge in [0, 0.05) is 12.6 Å². The van der Waals surface area contributed by atoms with Crippen LogP contribution in [0.15, 0.2) is 4.99 Å². The quantitative estimate of drug-likeness (QED) is 0.377. The number of nitrogens with zero attached hydrogens (tertiary/aromatic N) is 1. The van der Waals surface area contributed by atoms with E-state index in [0.29, 0.717) is 12.6 Å². The summed E-state index contributed by atoms with van der Waals surface area (Å²) in [5.74, 6) is 1.65. The van der Waals surface area contributed by atoms with E-state index in [4.69, 9.17) is 0 Å². The maximum absolute atomic E-state index is 12.1. The lowest BCUT2D eigenvalue weighted by atomic mass is 9.87. The van der Waals surface area contributed by atoms with Gasteiger partial charge in [-0.25, -0.2) is 8.42 Å². The van der Waals surface area contributed by atoms with Gasteiger partial charge in [-0.15, -0.1) is 24.0 Å². The van der Waals surface area contributed by atoms with E-state index in [-0.39, 0.29) is 29.7 Å². The third kappa shape index (κ3) is 8.05. The van der Waals surface area contributed by atoms with Gasteiger partial charge in [-0.2, -0.15) is 0 Å². The molecule has 0 atom stereocenters. The molecule has 1 fully saturated rings. The van der Waals surface area contributed by atoms with Crippen molar-refractivity contribution >= 4 is 39.8 Å². The monoisotopic (exact) mass is 459 g/mol. The maximum Gasteiger partial charge on any atom is 0.191 e. The number of rotatable bonds is 5. The SMILES string of the molecule is CCNC(=NCCS(=O)(=O)C(C)(C)C)NC1CCC(C)CC1.I. The fourth-order valence-electron chi connectivity index (χ4n) is 2.50. The van der Waals surface area contributed by atoms with E-state index in [0.717, 1.165) is 31.3 Å². The molecule has 0 spiro atoms. The highest BCUT2D eigenvalue weighted by molar-refractivity contribution is 14.0. The molecule has 0 saturated heterocycles. The van der Waals surface area contributed by atoms with E-state index < -0.39 is 14.6 Å². The number of hydrogen-bond donors (Lipinski definition) is 2. The summed E-state index contributed by atoms with van der Waals surface area (Å²) in [4.78, 5) is 4.44. The van der Waals surface area contributed by atoms with Crippen LogP contribution in [0.1, 0.15) is 60.3 Å². The topological polar surface area (TPSA) is 70.6 Å². The molecule has 5 nitrogen and oxygen atoms in total. The average Bonchev–Trinajstić information content (AvgIpc) is 2.40. The van der Waals surface area contributed by atoms with Gasteiger partial charge in [0.1, 0.15) is 0 Å². The fourth-order valence-corrected chi connectivity index (χ4v) is 3.45. The van der Waals surface area contributed by atoms with Gasteiger partial charge in [-0.3, -0.25) is 4.99 Å². The van der Waals surface area contributed by atoms with Gasteiger partial charge in [-0.05, 0) is 59.3 Å². The molecule has 1 saturated carbocycles. The van der Waals surface area contributed by atoms with Crippen LogP contribution in [0.3, 0.4) is 0 Å². The fraction of sp³-hybridized carbons (Fsp3) is 0.938. The molecule has 0 amide bonds. The molecule has 0 aromatic rings. The third-order valence-corrected chi connectivity index (χ3v) is 6.85. The molecule has 1 rings (SSSR count). The van der Waals surface area contributed by atoms with Gasteiger partial charge in [0.2, 0.25) is 0 Å². The zero-order valence-electron chi connectivity index (χ0n) is 15.2. The predicted molar refractivity (Wildman–Crippen MR) is 109 cm³/mol. The highest BCUT2D eigenvalue weighted by Gasteiger charge is 2.28. The van der Waals surface area contributed by atoms with Gasteiger partial charge in [0.25, 0.3) is 0 Å². The Kier molecular flexibility index (Phi) is 10.0. The number of halogens is 1. The smallest absolute Gasteiger partial charge is 0.191 e. The first-order valence-corrected chi connectivity index (χ1v) is 10.1. The van der Waals surface area contributed by atoms with E-state index in [1.54, 1.807) is 20.8 Å². The lowest BCUT2D eigenvalue weighted by Gasteiger charge is -2.28. The first-order chi connectivity index (χ1) is 10.2. The summed E-state index contributed by atoms with van der Waals surface area (Å²) in [5.41, 5.74) is 0. The molecule has 1 aliphatic rings. The van der Waals surface area contributed by atoms with Gasteiger partial charge >= 0.3 is 0 Å². The van der Waals surface area contributed by atoms with Crippen LogP contribution in [0, 0.1) is 5.92 Å². The zero-order chi connectivity index (χ0) is 16.8. The van der Waals surface area contributed by atoms with Gasteiger partial charge < -0.3 is 10.6 Å². The summed E-state index contributed by atoms with van der Waals surface area (Å²) < 4.78 is 23.5. The Labute approximate surface area is 159 Å². The standard InChI is InChI=1S/C16H33N3O2S.HI/c1-6-17-15(19-14-9-7-13(2)8-10-14)18-11-12-22(20,21)16(3,4)5;/h13-14H,6-12H2,1-5H3,(H2,17,18,19);1H. The van der Waals surface area contributed by atoms with E-state index in [1.807, 2.05) is 6.92 Å². The highest BCUT2D eigenvalue weighted by Crippen LogP contribution is 2.23. The highest BCUT2D eigenvalue weighted by atomic mass is 127. The van der Waals surface area contributed by atoms with Crippen LogP contribution in [-0.4, -0.2) is 44.0 Å². The maximum atomic E-state index is 12.1. The Morgan fingerprint density at radius 2 is 1.74 bits per heavy atom. The lowest BCUT2D eigenvalue weighted by molar-refractivity contribution is 0.329. The minimum atomic E-state index is -3.11. The second-order valence-corrected chi connectivity index (χ2v) is 10.2. The molecule has 0 bridgehead atoms. The molecule has 0 heterocycles. The van der Waals surface area contributed by atoms with Crippen molar-refractivity contribution < 1.29 is 8.42 Å². The van der Waals surface area contributed by atoms with E-state index in [2.05, 4.69) is 22.5 Å². The lowest BCUT2D eigenvalue weighted by Crippen LogP contribution is -2.45. The Balaban J connectivity index is 0.00000484. The van der Waals surface area contributed by atoms with Crippen LogP contribution in [0.5, 0.6) is 0 Å². The Morgan fingerprint density at radius 1 is 1.17 bits per heavy atom. The summed E-state index contributed by atoms with van der Waals surface area (Å²) in [5, 5.41) is 6.66. The Hall–Kier alpha value is -0.0500. The van der Waals surface area contributed by atoms with Gasteiger partial charge in [0.15, 0.2) is 15.8 Å². The summed E-state index contributed by atoms with van der Waals surface area (Å²) in [6, 6.07) is 0.452. The predicted octanol–water partition coefficient (Wildman–Crippen LogP) is 2.95.